The van der Waals surface area contributed by atoms with Gasteiger partial charge in [-0.2, -0.15) is 0 Å². The normalized spacial score (nSPS) is 10.3. The topological polar surface area (TPSA) is 114 Å². The van der Waals surface area contributed by atoms with Gasteiger partial charge >= 0.3 is 23.9 Å². The molecule has 0 aliphatic rings. The van der Waals surface area contributed by atoms with E-state index < -0.39 is 35.4 Å². The Morgan fingerprint density at radius 1 is 0.533 bits per heavy atom. The maximum Gasteiger partial charge on any atom is 0.338 e. The van der Waals surface area contributed by atoms with E-state index in [1.54, 1.807) is 6.07 Å². The second-order valence-corrected chi connectivity index (χ2v) is 10.0. The van der Waals surface area contributed by atoms with Crippen molar-refractivity contribution in [2.75, 3.05) is 7.11 Å². The fraction of sp³-hybridized carbons (Fsp3) is 0.143. The van der Waals surface area contributed by atoms with Crippen LogP contribution >= 0.6 is 0 Å². The number of carbonyl (C=O) groups is 4. The van der Waals surface area contributed by atoms with Gasteiger partial charge in [-0.1, -0.05) is 32.4 Å². The molecule has 0 radical (unpaired) electrons. The Bertz CT molecular complexity index is 1780. The van der Waals surface area contributed by atoms with Gasteiger partial charge in [-0.15, -0.1) is 0 Å². The maximum atomic E-state index is 15.2. The number of halogens is 1. The van der Waals surface area contributed by atoms with E-state index in [1.165, 1.54) is 71.2 Å². The number of hydrogen-bond donors (Lipinski definition) is 0. The van der Waals surface area contributed by atoms with Gasteiger partial charge in [0.1, 0.15) is 23.0 Å². The van der Waals surface area contributed by atoms with Gasteiger partial charge in [-0.25, -0.2) is 23.6 Å². The number of methoxy groups -OCH3 is 1. The molecule has 3 rings (SSSR count). The quantitative estimate of drug-likeness (QED) is 0.127. The molecule has 0 heterocycles. The van der Waals surface area contributed by atoms with Gasteiger partial charge < -0.3 is 23.7 Å². The van der Waals surface area contributed by atoms with E-state index >= 15 is 4.39 Å². The standard InChI is InChI=1S/C35H31FO9/c1-18(2)32(37)42-23-11-13-24(30(15-23)44-34(39)20(5)6)22-10-12-25(29(14-22)43-33(38)19(3)4)26-16-27(36)31(17-28(26)41-9)45-35(40)21(7)8/h10-17H,1,3,5,7H2,2,4,6,8-9H3. The molecule has 0 fully saturated rings. The summed E-state index contributed by atoms with van der Waals surface area (Å²) in [5.74, 6) is -4.14. The molecule has 0 spiro atoms. The molecule has 45 heavy (non-hydrogen) atoms. The van der Waals surface area contributed by atoms with Crippen LogP contribution in [0.15, 0.2) is 97.1 Å². The lowest BCUT2D eigenvalue weighted by molar-refractivity contribution is -0.131. The summed E-state index contributed by atoms with van der Waals surface area (Å²) in [6.45, 7) is 20.1. The second kappa shape index (κ2) is 14.1. The highest BCUT2D eigenvalue weighted by molar-refractivity contribution is 5.94. The number of hydrogen-bond acceptors (Lipinski definition) is 9. The van der Waals surface area contributed by atoms with Crippen LogP contribution in [0.5, 0.6) is 28.7 Å². The van der Waals surface area contributed by atoms with Gasteiger partial charge in [0.2, 0.25) is 0 Å². The Labute approximate surface area is 259 Å². The Morgan fingerprint density at radius 2 is 1.00 bits per heavy atom. The van der Waals surface area contributed by atoms with Gasteiger partial charge in [-0.3, -0.25) is 0 Å². The SMILES string of the molecule is C=C(C)C(=O)Oc1ccc(-c2ccc(-c3cc(F)c(OC(=O)C(=C)C)cc3OC)c(OC(=O)C(=C)C)c2)c(OC(=O)C(=C)C)c1. The van der Waals surface area contributed by atoms with Gasteiger partial charge in [0.05, 0.1) is 7.11 Å². The predicted octanol–water partition coefficient (Wildman–Crippen LogP) is 7.09. The summed E-state index contributed by atoms with van der Waals surface area (Å²) >= 11 is 0. The van der Waals surface area contributed by atoms with E-state index in [-0.39, 0.29) is 56.4 Å². The summed E-state index contributed by atoms with van der Waals surface area (Å²) in [5, 5.41) is 0. The number of benzene rings is 3. The maximum absolute atomic E-state index is 15.2. The van der Waals surface area contributed by atoms with Crippen LogP contribution in [0.25, 0.3) is 22.3 Å². The molecule has 0 saturated carbocycles. The molecule has 3 aromatic rings. The minimum atomic E-state index is -0.893. The molecule has 3 aromatic carbocycles. The zero-order valence-corrected chi connectivity index (χ0v) is 25.5. The average molecular weight is 615 g/mol. The first-order valence-electron chi connectivity index (χ1n) is 13.3. The van der Waals surface area contributed by atoms with Crippen molar-refractivity contribution in [3.05, 3.63) is 103 Å². The summed E-state index contributed by atoms with van der Waals surface area (Å²) < 4.78 is 42.2. The third kappa shape index (κ3) is 8.20. The number of rotatable bonds is 11. The van der Waals surface area contributed by atoms with Crippen molar-refractivity contribution >= 4 is 23.9 Å². The van der Waals surface area contributed by atoms with Gasteiger partial charge in [0.25, 0.3) is 0 Å². The number of esters is 4. The highest BCUT2D eigenvalue weighted by Gasteiger charge is 2.22. The monoisotopic (exact) mass is 614 g/mol. The fourth-order valence-electron chi connectivity index (χ4n) is 3.63. The summed E-state index contributed by atoms with van der Waals surface area (Å²) in [5.41, 5.74) is 1.57. The van der Waals surface area contributed by atoms with Crippen molar-refractivity contribution in [2.24, 2.45) is 0 Å². The predicted molar refractivity (Wildman–Crippen MR) is 166 cm³/mol. The van der Waals surface area contributed by atoms with E-state index in [0.29, 0.717) is 11.1 Å². The average Bonchev–Trinajstić information content (AvgIpc) is 2.97. The van der Waals surface area contributed by atoms with E-state index in [1.807, 2.05) is 0 Å². The summed E-state index contributed by atoms with van der Waals surface area (Å²) in [6, 6.07) is 11.2. The molecule has 0 N–H and O–H groups in total. The minimum absolute atomic E-state index is 0.00671. The molecule has 0 unspecified atom stereocenters. The minimum Gasteiger partial charge on any atom is -0.496 e. The Hall–Kier alpha value is -5.77. The van der Waals surface area contributed by atoms with Crippen LogP contribution in [0.2, 0.25) is 0 Å². The molecule has 0 aliphatic carbocycles. The van der Waals surface area contributed by atoms with Gasteiger partial charge in [0.15, 0.2) is 11.6 Å². The molecule has 0 bridgehead atoms. The smallest absolute Gasteiger partial charge is 0.338 e. The van der Waals surface area contributed by atoms with Crippen molar-refractivity contribution in [1.29, 1.82) is 0 Å². The van der Waals surface area contributed by atoms with Crippen LogP contribution in [0.1, 0.15) is 27.7 Å². The lowest BCUT2D eigenvalue weighted by atomic mass is 9.97. The molecular weight excluding hydrogens is 583 g/mol. The molecule has 9 nitrogen and oxygen atoms in total. The Kier molecular flexibility index (Phi) is 10.6. The first-order chi connectivity index (χ1) is 21.1. The molecule has 232 valence electrons. The van der Waals surface area contributed by atoms with Crippen LogP contribution in [0.3, 0.4) is 0 Å². The molecule has 0 aliphatic heterocycles. The van der Waals surface area contributed by atoms with E-state index in [2.05, 4.69) is 26.3 Å². The second-order valence-electron chi connectivity index (χ2n) is 10.0. The third-order valence-corrected chi connectivity index (χ3v) is 6.00. The van der Waals surface area contributed by atoms with Crippen molar-refractivity contribution in [3.8, 4) is 51.0 Å². The van der Waals surface area contributed by atoms with E-state index in [0.717, 1.165) is 6.07 Å². The van der Waals surface area contributed by atoms with Crippen molar-refractivity contribution in [3.63, 3.8) is 0 Å². The third-order valence-electron chi connectivity index (χ3n) is 6.00. The largest absolute Gasteiger partial charge is 0.496 e. The van der Waals surface area contributed by atoms with Crippen LogP contribution in [-0.2, 0) is 19.2 Å². The zero-order valence-electron chi connectivity index (χ0n) is 25.5. The van der Waals surface area contributed by atoms with Crippen molar-refractivity contribution in [2.45, 2.75) is 27.7 Å². The Morgan fingerprint density at radius 3 is 1.51 bits per heavy atom. The van der Waals surface area contributed by atoms with Crippen molar-refractivity contribution in [1.82, 2.24) is 0 Å². The summed E-state index contributed by atoms with van der Waals surface area (Å²) in [4.78, 5) is 49.3. The van der Waals surface area contributed by atoms with Crippen LogP contribution in [0, 0.1) is 5.82 Å². The molecule has 0 atom stereocenters. The van der Waals surface area contributed by atoms with Crippen molar-refractivity contribution < 1.29 is 47.3 Å². The highest BCUT2D eigenvalue weighted by Crippen LogP contribution is 2.43. The molecule has 0 amide bonds. The van der Waals surface area contributed by atoms with Crippen LogP contribution < -0.4 is 23.7 Å². The zero-order chi connectivity index (χ0) is 33.6. The number of carbonyl (C=O) groups excluding carboxylic acids is 4. The molecule has 0 saturated heterocycles. The fourth-order valence-corrected chi connectivity index (χ4v) is 3.63. The molecule has 10 heteroatoms. The summed E-state index contributed by atoms with van der Waals surface area (Å²) in [7, 11) is 1.33. The van der Waals surface area contributed by atoms with E-state index in [4.69, 9.17) is 23.7 Å². The molecular formula is C35H31FO9. The van der Waals surface area contributed by atoms with Gasteiger partial charge in [0, 0.05) is 51.1 Å². The van der Waals surface area contributed by atoms with Gasteiger partial charge in [-0.05, 0) is 63.6 Å². The first kappa shape index (κ1) is 33.7. The first-order valence-corrected chi connectivity index (χ1v) is 13.3. The van der Waals surface area contributed by atoms with Crippen LogP contribution in [-0.4, -0.2) is 31.0 Å². The summed E-state index contributed by atoms with van der Waals surface area (Å²) in [6.07, 6.45) is 0. The number of ether oxygens (including phenoxy) is 5. The Balaban J connectivity index is 2.22. The highest BCUT2D eigenvalue weighted by atomic mass is 19.1. The van der Waals surface area contributed by atoms with E-state index in [9.17, 15) is 19.2 Å². The van der Waals surface area contributed by atoms with Crippen LogP contribution in [0.4, 0.5) is 4.39 Å². The molecule has 0 aromatic heterocycles. The lowest BCUT2D eigenvalue weighted by Crippen LogP contribution is -2.11. The lowest BCUT2D eigenvalue weighted by Gasteiger charge is -2.17.